The van der Waals surface area contributed by atoms with Gasteiger partial charge in [-0.25, -0.2) is 0 Å². The van der Waals surface area contributed by atoms with E-state index in [9.17, 15) is 5.11 Å². The summed E-state index contributed by atoms with van der Waals surface area (Å²) in [6.07, 6.45) is 0.817. The molecule has 0 saturated heterocycles. The van der Waals surface area contributed by atoms with Crippen LogP contribution in [0.5, 0.6) is 11.5 Å². The van der Waals surface area contributed by atoms with Crippen LogP contribution in [-0.2, 0) is 0 Å². The van der Waals surface area contributed by atoms with Crippen LogP contribution in [0.15, 0.2) is 18.2 Å². The second-order valence-corrected chi connectivity index (χ2v) is 5.55. The number of ether oxygens (including phenoxy) is 2. The lowest BCUT2D eigenvalue weighted by Gasteiger charge is -2.20. The third kappa shape index (κ3) is 3.01. The Bertz CT molecular complexity index is 449. The van der Waals surface area contributed by atoms with Gasteiger partial charge in [0.15, 0.2) is 11.5 Å². The molecule has 3 unspecified atom stereocenters. The second-order valence-electron chi connectivity index (χ2n) is 5.55. The van der Waals surface area contributed by atoms with Crippen molar-refractivity contribution in [3.8, 4) is 11.5 Å². The maximum Gasteiger partial charge on any atom is 0.161 e. The second kappa shape index (κ2) is 5.39. The van der Waals surface area contributed by atoms with Crippen molar-refractivity contribution in [3.63, 3.8) is 0 Å². The smallest absolute Gasteiger partial charge is 0.161 e. The van der Waals surface area contributed by atoms with E-state index in [2.05, 4.69) is 12.2 Å². The molecule has 0 amide bonds. The SMILES string of the molecule is CC1CC1CNCC(O)c1ccc2c(c1)OCCO2. The van der Waals surface area contributed by atoms with E-state index in [1.165, 1.54) is 6.42 Å². The lowest BCUT2D eigenvalue weighted by atomic mass is 10.1. The lowest BCUT2D eigenvalue weighted by Crippen LogP contribution is -2.24. The van der Waals surface area contributed by atoms with Gasteiger partial charge < -0.3 is 19.9 Å². The zero-order valence-corrected chi connectivity index (χ0v) is 11.3. The Morgan fingerprint density at radius 1 is 1.32 bits per heavy atom. The summed E-state index contributed by atoms with van der Waals surface area (Å²) < 4.78 is 11.0. The Balaban J connectivity index is 1.55. The number of nitrogens with one attached hydrogen (secondary N) is 1. The van der Waals surface area contributed by atoms with Gasteiger partial charge in [0.1, 0.15) is 13.2 Å². The first kappa shape index (κ1) is 12.8. The van der Waals surface area contributed by atoms with Gasteiger partial charge in [0, 0.05) is 6.54 Å². The first-order chi connectivity index (χ1) is 9.24. The molecule has 3 rings (SSSR count). The van der Waals surface area contributed by atoms with Crippen molar-refractivity contribution < 1.29 is 14.6 Å². The van der Waals surface area contributed by atoms with Crippen LogP contribution in [-0.4, -0.2) is 31.4 Å². The van der Waals surface area contributed by atoms with E-state index in [-0.39, 0.29) is 0 Å². The Morgan fingerprint density at radius 2 is 2.05 bits per heavy atom. The molecule has 3 atom stereocenters. The summed E-state index contributed by atoms with van der Waals surface area (Å²) in [6, 6.07) is 5.65. The summed E-state index contributed by atoms with van der Waals surface area (Å²) in [4.78, 5) is 0. The summed E-state index contributed by atoms with van der Waals surface area (Å²) in [7, 11) is 0. The third-order valence-corrected chi connectivity index (χ3v) is 3.97. The maximum absolute atomic E-state index is 10.2. The highest BCUT2D eigenvalue weighted by molar-refractivity contribution is 5.44. The average Bonchev–Trinajstić information content (AvgIpc) is 3.14. The number of fused-ring (bicyclic) bond motifs is 1. The highest BCUT2D eigenvalue weighted by Crippen LogP contribution is 2.37. The van der Waals surface area contributed by atoms with Crippen LogP contribution >= 0.6 is 0 Å². The van der Waals surface area contributed by atoms with Crippen molar-refractivity contribution in [2.75, 3.05) is 26.3 Å². The Hall–Kier alpha value is -1.26. The van der Waals surface area contributed by atoms with E-state index >= 15 is 0 Å². The molecule has 0 bridgehead atoms. The molecular weight excluding hydrogens is 242 g/mol. The number of hydrogen-bond donors (Lipinski definition) is 2. The molecule has 4 heteroatoms. The van der Waals surface area contributed by atoms with Crippen molar-refractivity contribution in [3.05, 3.63) is 23.8 Å². The van der Waals surface area contributed by atoms with Crippen molar-refractivity contribution in [1.29, 1.82) is 0 Å². The normalized spacial score (nSPS) is 26.0. The minimum absolute atomic E-state index is 0.495. The van der Waals surface area contributed by atoms with Crippen LogP contribution < -0.4 is 14.8 Å². The summed E-state index contributed by atoms with van der Waals surface area (Å²) in [6.45, 7) is 5.02. The predicted octanol–water partition coefficient (Wildman–Crippen LogP) is 1.74. The van der Waals surface area contributed by atoms with E-state index in [1.807, 2.05) is 18.2 Å². The molecule has 1 fully saturated rings. The minimum atomic E-state index is -0.495. The largest absolute Gasteiger partial charge is 0.486 e. The minimum Gasteiger partial charge on any atom is -0.486 e. The average molecular weight is 263 g/mol. The molecule has 1 aliphatic carbocycles. The fourth-order valence-electron chi connectivity index (χ4n) is 2.47. The number of rotatable bonds is 5. The van der Waals surface area contributed by atoms with Gasteiger partial charge in [-0.2, -0.15) is 0 Å². The molecule has 1 saturated carbocycles. The zero-order valence-electron chi connectivity index (χ0n) is 11.3. The van der Waals surface area contributed by atoms with E-state index in [4.69, 9.17) is 9.47 Å². The van der Waals surface area contributed by atoms with E-state index < -0.39 is 6.10 Å². The van der Waals surface area contributed by atoms with Crippen LogP contribution in [0.25, 0.3) is 0 Å². The fraction of sp³-hybridized carbons (Fsp3) is 0.600. The van der Waals surface area contributed by atoms with Gasteiger partial charge in [0.25, 0.3) is 0 Å². The molecule has 2 aliphatic rings. The molecular formula is C15H21NO3. The highest BCUT2D eigenvalue weighted by Gasteiger charge is 2.31. The topological polar surface area (TPSA) is 50.7 Å². The molecule has 1 aromatic carbocycles. The van der Waals surface area contributed by atoms with E-state index in [0.717, 1.165) is 35.4 Å². The molecule has 2 N–H and O–H groups in total. The Morgan fingerprint density at radius 3 is 2.79 bits per heavy atom. The summed E-state index contributed by atoms with van der Waals surface area (Å²) in [5.74, 6) is 3.15. The zero-order chi connectivity index (χ0) is 13.2. The molecule has 0 spiro atoms. The van der Waals surface area contributed by atoms with Crippen LogP contribution in [0.1, 0.15) is 25.0 Å². The summed E-state index contributed by atoms with van der Waals surface area (Å²) in [5.41, 5.74) is 0.876. The first-order valence-electron chi connectivity index (χ1n) is 7.02. The van der Waals surface area contributed by atoms with Crippen molar-refractivity contribution >= 4 is 0 Å². The first-order valence-corrected chi connectivity index (χ1v) is 7.02. The van der Waals surface area contributed by atoms with Crippen LogP contribution in [0.4, 0.5) is 0 Å². The summed E-state index contributed by atoms with van der Waals surface area (Å²) in [5, 5.41) is 13.5. The molecule has 1 aliphatic heterocycles. The molecule has 0 aromatic heterocycles. The molecule has 0 radical (unpaired) electrons. The highest BCUT2D eigenvalue weighted by atomic mass is 16.6. The number of aliphatic hydroxyl groups excluding tert-OH is 1. The molecule has 104 valence electrons. The fourth-order valence-corrected chi connectivity index (χ4v) is 2.47. The Labute approximate surface area is 113 Å². The van der Waals surface area contributed by atoms with E-state index in [1.54, 1.807) is 0 Å². The Kier molecular flexibility index (Phi) is 3.62. The molecule has 19 heavy (non-hydrogen) atoms. The maximum atomic E-state index is 10.2. The lowest BCUT2D eigenvalue weighted by molar-refractivity contribution is 0.163. The van der Waals surface area contributed by atoms with Crippen molar-refractivity contribution in [1.82, 2.24) is 5.32 Å². The number of aliphatic hydroxyl groups is 1. The van der Waals surface area contributed by atoms with Gasteiger partial charge in [-0.05, 0) is 42.5 Å². The van der Waals surface area contributed by atoms with Gasteiger partial charge >= 0.3 is 0 Å². The van der Waals surface area contributed by atoms with Crippen LogP contribution in [0.2, 0.25) is 0 Å². The third-order valence-electron chi connectivity index (χ3n) is 3.97. The van der Waals surface area contributed by atoms with Crippen LogP contribution in [0, 0.1) is 11.8 Å². The molecule has 4 nitrogen and oxygen atoms in total. The predicted molar refractivity (Wildman–Crippen MR) is 72.5 cm³/mol. The van der Waals surface area contributed by atoms with E-state index in [0.29, 0.717) is 19.8 Å². The van der Waals surface area contributed by atoms with Gasteiger partial charge in [-0.3, -0.25) is 0 Å². The summed E-state index contributed by atoms with van der Waals surface area (Å²) >= 11 is 0. The standard InChI is InChI=1S/C15H21NO3/c1-10-6-12(10)8-16-9-13(17)11-2-3-14-15(7-11)19-5-4-18-14/h2-3,7,10,12-13,16-17H,4-6,8-9H2,1H3. The number of hydrogen-bond acceptors (Lipinski definition) is 4. The number of benzene rings is 1. The molecule has 1 heterocycles. The van der Waals surface area contributed by atoms with Gasteiger partial charge in [-0.1, -0.05) is 13.0 Å². The van der Waals surface area contributed by atoms with Crippen LogP contribution in [0.3, 0.4) is 0 Å². The molecule has 1 aromatic rings. The van der Waals surface area contributed by atoms with Crippen molar-refractivity contribution in [2.24, 2.45) is 11.8 Å². The van der Waals surface area contributed by atoms with Gasteiger partial charge in [0.05, 0.1) is 6.10 Å². The van der Waals surface area contributed by atoms with Gasteiger partial charge in [-0.15, -0.1) is 0 Å². The van der Waals surface area contributed by atoms with Gasteiger partial charge in [0.2, 0.25) is 0 Å². The van der Waals surface area contributed by atoms with Crippen molar-refractivity contribution in [2.45, 2.75) is 19.4 Å². The monoisotopic (exact) mass is 263 g/mol. The quantitative estimate of drug-likeness (QED) is 0.849.